The molecule has 0 aliphatic carbocycles. The molecular formula is C5H3Cl2F3N2. The molecule has 1 aromatic rings. The van der Waals surface area contributed by atoms with E-state index in [-0.39, 0.29) is 5.28 Å². The minimum absolute atomic E-state index is 0.285. The maximum absolute atomic E-state index is 12.0. The summed E-state index contributed by atoms with van der Waals surface area (Å²) >= 11 is 10.6. The topological polar surface area (TPSA) is 17.8 Å². The second-order valence-corrected chi connectivity index (χ2v) is 2.77. The number of alkyl halides is 3. The number of nitrogens with zero attached hydrogens (tertiary/aromatic N) is 2. The van der Waals surface area contributed by atoms with Crippen molar-refractivity contribution in [3.05, 3.63) is 16.1 Å². The van der Waals surface area contributed by atoms with E-state index in [2.05, 4.69) is 4.98 Å². The summed E-state index contributed by atoms with van der Waals surface area (Å²) < 4.78 is 37.0. The third kappa shape index (κ3) is 1.51. The highest BCUT2D eigenvalue weighted by molar-refractivity contribution is 6.33. The van der Waals surface area contributed by atoms with Gasteiger partial charge in [-0.2, -0.15) is 13.2 Å². The SMILES string of the molecule is Cn1c(Cl)nc(C(F)(F)F)c1Cl. The summed E-state index contributed by atoms with van der Waals surface area (Å²) in [6.07, 6.45) is -4.55. The van der Waals surface area contributed by atoms with Gasteiger partial charge in [-0.1, -0.05) is 11.6 Å². The van der Waals surface area contributed by atoms with Gasteiger partial charge in [-0.05, 0) is 11.6 Å². The van der Waals surface area contributed by atoms with Crippen LogP contribution in [0.4, 0.5) is 13.2 Å². The zero-order valence-corrected chi connectivity index (χ0v) is 7.30. The maximum atomic E-state index is 12.0. The normalized spacial score (nSPS) is 12.2. The van der Waals surface area contributed by atoms with Crippen molar-refractivity contribution in [3.8, 4) is 0 Å². The Morgan fingerprint density at radius 3 is 2.00 bits per heavy atom. The molecule has 7 heteroatoms. The lowest BCUT2D eigenvalue weighted by atomic mass is 10.5. The van der Waals surface area contributed by atoms with Crippen molar-refractivity contribution in [2.45, 2.75) is 6.18 Å². The predicted octanol–water partition coefficient (Wildman–Crippen LogP) is 2.75. The molecule has 0 aliphatic rings. The highest BCUT2D eigenvalue weighted by atomic mass is 35.5. The van der Waals surface area contributed by atoms with E-state index in [0.29, 0.717) is 0 Å². The van der Waals surface area contributed by atoms with Crippen molar-refractivity contribution in [2.75, 3.05) is 0 Å². The first-order valence-electron chi connectivity index (χ1n) is 2.79. The van der Waals surface area contributed by atoms with E-state index in [1.165, 1.54) is 7.05 Å². The molecule has 0 spiro atoms. The van der Waals surface area contributed by atoms with E-state index in [1.807, 2.05) is 0 Å². The van der Waals surface area contributed by atoms with Gasteiger partial charge in [0.25, 0.3) is 0 Å². The number of hydrogen-bond donors (Lipinski definition) is 0. The molecule has 0 N–H and O–H groups in total. The van der Waals surface area contributed by atoms with Crippen LogP contribution in [0, 0.1) is 0 Å². The van der Waals surface area contributed by atoms with E-state index in [0.717, 1.165) is 4.57 Å². The molecule has 1 rings (SSSR count). The number of imidazole rings is 1. The highest BCUT2D eigenvalue weighted by Crippen LogP contribution is 2.34. The molecule has 1 aromatic heterocycles. The number of hydrogen-bond acceptors (Lipinski definition) is 1. The molecule has 1 heterocycles. The molecule has 68 valence electrons. The summed E-state index contributed by atoms with van der Waals surface area (Å²) in [7, 11) is 1.30. The first-order valence-corrected chi connectivity index (χ1v) is 3.54. The number of halogens is 5. The third-order valence-electron chi connectivity index (χ3n) is 1.24. The fraction of sp³-hybridized carbons (Fsp3) is 0.400. The quantitative estimate of drug-likeness (QED) is 0.655. The Morgan fingerprint density at radius 1 is 1.33 bits per heavy atom. The average molecular weight is 219 g/mol. The molecule has 0 saturated heterocycles. The Hall–Kier alpha value is -0.420. The minimum Gasteiger partial charge on any atom is -0.308 e. The molecule has 0 unspecified atom stereocenters. The van der Waals surface area contributed by atoms with Crippen molar-refractivity contribution in [1.82, 2.24) is 9.55 Å². The summed E-state index contributed by atoms with van der Waals surface area (Å²) in [6, 6.07) is 0. The molecule has 0 fully saturated rings. The molecule has 12 heavy (non-hydrogen) atoms. The third-order valence-corrected chi connectivity index (χ3v) is 2.01. The first-order chi connectivity index (χ1) is 5.34. The van der Waals surface area contributed by atoms with Crippen LogP contribution >= 0.6 is 23.2 Å². The van der Waals surface area contributed by atoms with E-state index in [9.17, 15) is 13.2 Å². The largest absolute Gasteiger partial charge is 0.436 e. The summed E-state index contributed by atoms with van der Waals surface area (Å²) in [5.74, 6) is 0. The fourth-order valence-electron chi connectivity index (χ4n) is 0.634. The molecular weight excluding hydrogens is 216 g/mol. The van der Waals surface area contributed by atoms with Crippen LogP contribution in [0.25, 0.3) is 0 Å². The molecule has 2 nitrogen and oxygen atoms in total. The van der Waals surface area contributed by atoms with Gasteiger partial charge in [-0.3, -0.25) is 0 Å². The van der Waals surface area contributed by atoms with Crippen LogP contribution in [-0.2, 0) is 13.2 Å². The standard InChI is InChI=1S/C5H3Cl2F3N2/c1-12-3(6)2(5(8,9)10)11-4(12)7/h1H3. The van der Waals surface area contributed by atoms with Gasteiger partial charge < -0.3 is 4.57 Å². The monoisotopic (exact) mass is 218 g/mol. The molecule has 0 bridgehead atoms. The Balaban J connectivity index is 3.28. The van der Waals surface area contributed by atoms with Crippen molar-refractivity contribution >= 4 is 23.2 Å². The Kier molecular flexibility index (Phi) is 2.27. The second-order valence-electron chi connectivity index (χ2n) is 2.08. The molecule has 0 amide bonds. The van der Waals surface area contributed by atoms with Crippen LogP contribution in [-0.4, -0.2) is 9.55 Å². The Bertz CT molecular complexity index is 304. The summed E-state index contributed by atoms with van der Waals surface area (Å²) in [5.41, 5.74) is -1.16. The van der Waals surface area contributed by atoms with Crippen LogP contribution < -0.4 is 0 Å². The van der Waals surface area contributed by atoms with Crippen LogP contribution in [0.3, 0.4) is 0 Å². The lowest BCUT2D eigenvalue weighted by Gasteiger charge is -2.01. The van der Waals surface area contributed by atoms with Gasteiger partial charge in [-0.15, -0.1) is 0 Å². The Morgan fingerprint density at radius 2 is 1.83 bits per heavy atom. The lowest BCUT2D eigenvalue weighted by Crippen LogP contribution is -2.06. The van der Waals surface area contributed by atoms with Crippen LogP contribution in [0.2, 0.25) is 10.4 Å². The number of rotatable bonds is 0. The Labute approximate surface area is 75.9 Å². The predicted molar refractivity (Wildman–Crippen MR) is 38.2 cm³/mol. The second kappa shape index (κ2) is 2.81. The zero-order valence-electron chi connectivity index (χ0n) is 5.78. The van der Waals surface area contributed by atoms with Gasteiger partial charge in [0.05, 0.1) is 0 Å². The summed E-state index contributed by atoms with van der Waals surface area (Å²) in [6.45, 7) is 0. The van der Waals surface area contributed by atoms with Crippen molar-refractivity contribution < 1.29 is 13.2 Å². The van der Waals surface area contributed by atoms with Gasteiger partial charge in [0.1, 0.15) is 5.15 Å². The van der Waals surface area contributed by atoms with Gasteiger partial charge in [0.15, 0.2) is 5.69 Å². The highest BCUT2D eigenvalue weighted by Gasteiger charge is 2.37. The molecule has 0 aromatic carbocycles. The first kappa shape index (κ1) is 9.67. The summed E-state index contributed by atoms with van der Waals surface area (Å²) in [4.78, 5) is 3.05. The molecule has 0 radical (unpaired) electrons. The molecule has 0 atom stereocenters. The maximum Gasteiger partial charge on any atom is 0.436 e. The zero-order chi connectivity index (χ0) is 9.52. The van der Waals surface area contributed by atoms with Crippen molar-refractivity contribution in [3.63, 3.8) is 0 Å². The van der Waals surface area contributed by atoms with E-state index in [4.69, 9.17) is 23.2 Å². The average Bonchev–Trinajstić information content (AvgIpc) is 2.15. The molecule has 0 aliphatic heterocycles. The van der Waals surface area contributed by atoms with Crippen LogP contribution in [0.5, 0.6) is 0 Å². The van der Waals surface area contributed by atoms with E-state index < -0.39 is 17.0 Å². The van der Waals surface area contributed by atoms with Gasteiger partial charge >= 0.3 is 6.18 Å². The van der Waals surface area contributed by atoms with Gasteiger partial charge in [0.2, 0.25) is 5.28 Å². The van der Waals surface area contributed by atoms with E-state index in [1.54, 1.807) is 0 Å². The van der Waals surface area contributed by atoms with Crippen molar-refractivity contribution in [1.29, 1.82) is 0 Å². The fourth-order valence-corrected chi connectivity index (χ4v) is 1.08. The lowest BCUT2D eigenvalue weighted by molar-refractivity contribution is -0.140. The van der Waals surface area contributed by atoms with Crippen LogP contribution in [0.1, 0.15) is 5.69 Å². The van der Waals surface area contributed by atoms with Gasteiger partial charge in [-0.25, -0.2) is 4.98 Å². The smallest absolute Gasteiger partial charge is 0.308 e. The van der Waals surface area contributed by atoms with Gasteiger partial charge in [0, 0.05) is 7.05 Å². The number of aromatic nitrogens is 2. The summed E-state index contributed by atoms with van der Waals surface area (Å²) in [5, 5.41) is -0.792. The van der Waals surface area contributed by atoms with E-state index >= 15 is 0 Å². The molecule has 0 saturated carbocycles. The van der Waals surface area contributed by atoms with Crippen molar-refractivity contribution in [2.24, 2.45) is 7.05 Å². The minimum atomic E-state index is -4.55. The van der Waals surface area contributed by atoms with Crippen LogP contribution in [0.15, 0.2) is 0 Å².